The third-order valence-corrected chi connectivity index (χ3v) is 9.45. The van der Waals surface area contributed by atoms with Crippen molar-refractivity contribution >= 4 is 22.7 Å². The fourth-order valence-electron chi connectivity index (χ4n) is 5.92. The summed E-state index contributed by atoms with van der Waals surface area (Å²) in [7, 11) is 1.66. The fraction of sp³-hybridized carbons (Fsp3) is 0.548. The first-order valence-corrected chi connectivity index (χ1v) is 15.4. The van der Waals surface area contributed by atoms with Gasteiger partial charge in [0.1, 0.15) is 5.75 Å². The van der Waals surface area contributed by atoms with Crippen molar-refractivity contribution in [1.29, 1.82) is 0 Å². The first kappa shape index (κ1) is 29.2. The zero-order valence-electron chi connectivity index (χ0n) is 23.5. The van der Waals surface area contributed by atoms with Crippen molar-refractivity contribution in [3.8, 4) is 5.75 Å². The minimum atomic E-state index is -0.648. The molecule has 0 bridgehead atoms. The molecule has 0 unspecified atom stereocenters. The molecule has 5 rings (SSSR count). The van der Waals surface area contributed by atoms with Crippen LogP contribution in [0.2, 0.25) is 0 Å². The van der Waals surface area contributed by atoms with Crippen molar-refractivity contribution in [3.63, 3.8) is 0 Å². The van der Waals surface area contributed by atoms with Crippen molar-refractivity contribution in [3.05, 3.63) is 59.9 Å². The molecule has 0 aliphatic carbocycles. The van der Waals surface area contributed by atoms with Gasteiger partial charge in [-0.1, -0.05) is 6.07 Å². The summed E-state index contributed by atoms with van der Waals surface area (Å²) in [6, 6.07) is 11.9. The molecule has 0 radical (unpaired) electrons. The zero-order valence-corrected chi connectivity index (χ0v) is 24.3. The topological polar surface area (TPSA) is 91.2 Å². The summed E-state index contributed by atoms with van der Waals surface area (Å²) in [5, 5.41) is 24.2. The summed E-state index contributed by atoms with van der Waals surface area (Å²) in [6.45, 7) is 7.03. The molecule has 216 valence electrons. The molecule has 2 fully saturated rings. The lowest BCUT2D eigenvalue weighted by Gasteiger charge is -2.41. The Hall–Kier alpha value is -2.27. The third-order valence-electron chi connectivity index (χ3n) is 8.53. The largest absolute Gasteiger partial charge is 0.497 e. The summed E-state index contributed by atoms with van der Waals surface area (Å²) in [4.78, 5) is 14.0. The lowest BCUT2D eigenvalue weighted by atomic mass is 9.74. The number of hydrogen-bond acceptors (Lipinski definition) is 9. The van der Waals surface area contributed by atoms with Gasteiger partial charge in [-0.15, -0.1) is 11.8 Å². The minimum Gasteiger partial charge on any atom is -0.497 e. The van der Waals surface area contributed by atoms with E-state index in [4.69, 9.17) is 14.5 Å². The third kappa shape index (κ3) is 7.32. The number of ether oxygens (including phenoxy) is 2. The smallest absolute Gasteiger partial charge is 0.119 e. The van der Waals surface area contributed by atoms with Crippen LogP contribution in [0.15, 0.2) is 53.8 Å². The van der Waals surface area contributed by atoms with Gasteiger partial charge in [-0.2, -0.15) is 0 Å². The van der Waals surface area contributed by atoms with Crippen molar-refractivity contribution in [2.45, 2.75) is 43.4 Å². The standard InChI is InChI=1S/C31H42N4O4S/c1-38-25-5-6-27-26(20-25)30(24(21-33-27)22-35-14-17-39-18-15-35)28(37)7-8-31(23-36)9-12-34(13-10-31)16-19-40-29-4-2-3-11-32-29/h2-6,11,20-21,28,36-37H,7-10,12-19,22-23H2,1H3/t28-/m1/s1. The van der Waals surface area contributed by atoms with Crippen LogP contribution in [-0.2, 0) is 11.3 Å². The Morgan fingerprint density at radius 2 is 1.90 bits per heavy atom. The summed E-state index contributed by atoms with van der Waals surface area (Å²) in [6.07, 6.45) is 6.38. The average Bonchev–Trinajstić information content (AvgIpc) is 3.01. The van der Waals surface area contributed by atoms with Gasteiger partial charge in [0.2, 0.25) is 0 Å². The van der Waals surface area contributed by atoms with Gasteiger partial charge in [0, 0.05) is 56.3 Å². The van der Waals surface area contributed by atoms with Crippen molar-refractivity contribution < 1.29 is 19.7 Å². The number of nitrogens with zero attached hydrogens (tertiary/aromatic N) is 4. The first-order valence-electron chi connectivity index (χ1n) is 14.4. The predicted molar refractivity (Wildman–Crippen MR) is 159 cm³/mol. The number of aliphatic hydroxyl groups excluding tert-OH is 2. The van der Waals surface area contributed by atoms with Crippen LogP contribution in [0.25, 0.3) is 10.9 Å². The fourth-order valence-corrected chi connectivity index (χ4v) is 6.79. The molecule has 1 atom stereocenters. The molecule has 40 heavy (non-hydrogen) atoms. The van der Waals surface area contributed by atoms with E-state index < -0.39 is 6.10 Å². The highest BCUT2D eigenvalue weighted by Crippen LogP contribution is 2.40. The molecule has 0 saturated carbocycles. The molecule has 2 aliphatic heterocycles. The highest BCUT2D eigenvalue weighted by Gasteiger charge is 2.35. The maximum absolute atomic E-state index is 11.7. The van der Waals surface area contributed by atoms with E-state index in [1.807, 2.05) is 42.7 Å². The Morgan fingerprint density at radius 3 is 2.62 bits per heavy atom. The lowest BCUT2D eigenvalue weighted by Crippen LogP contribution is -2.43. The number of pyridine rings is 2. The molecule has 0 amide bonds. The highest BCUT2D eigenvalue weighted by atomic mass is 32.2. The Morgan fingerprint density at radius 1 is 1.07 bits per heavy atom. The number of methoxy groups -OCH3 is 1. The molecule has 2 aliphatic rings. The molecule has 2 aromatic heterocycles. The number of hydrogen-bond donors (Lipinski definition) is 2. The van der Waals surface area contributed by atoms with Gasteiger partial charge in [0.05, 0.1) is 37.0 Å². The number of fused-ring (bicyclic) bond motifs is 1. The number of likely N-dealkylation sites (tertiary alicyclic amines) is 1. The van der Waals surface area contributed by atoms with Crippen LogP contribution in [0, 0.1) is 5.41 Å². The normalized spacial score (nSPS) is 19.1. The summed E-state index contributed by atoms with van der Waals surface area (Å²) < 4.78 is 11.1. The van der Waals surface area contributed by atoms with Crippen molar-refractivity contribution in [2.24, 2.45) is 5.41 Å². The van der Waals surface area contributed by atoms with Crippen LogP contribution in [0.4, 0.5) is 0 Å². The van der Waals surface area contributed by atoms with Gasteiger partial charge >= 0.3 is 0 Å². The average molecular weight is 567 g/mol. The number of aromatic nitrogens is 2. The Kier molecular flexibility index (Phi) is 10.3. The second kappa shape index (κ2) is 14.1. The lowest BCUT2D eigenvalue weighted by molar-refractivity contribution is 0.0245. The maximum Gasteiger partial charge on any atom is 0.119 e. The quantitative estimate of drug-likeness (QED) is 0.314. The molecule has 2 saturated heterocycles. The van der Waals surface area contributed by atoms with Crippen molar-refractivity contribution in [2.75, 3.05) is 65.4 Å². The van der Waals surface area contributed by atoms with E-state index in [-0.39, 0.29) is 12.0 Å². The number of benzene rings is 1. The van der Waals surface area contributed by atoms with Gasteiger partial charge < -0.3 is 24.6 Å². The number of morpholine rings is 1. The molecule has 8 nitrogen and oxygen atoms in total. The van der Waals surface area contributed by atoms with Crippen LogP contribution < -0.4 is 4.74 Å². The van der Waals surface area contributed by atoms with E-state index in [0.717, 1.165) is 110 Å². The van der Waals surface area contributed by atoms with E-state index in [1.165, 1.54) is 0 Å². The maximum atomic E-state index is 11.7. The molecule has 1 aromatic carbocycles. The second-order valence-electron chi connectivity index (χ2n) is 11.0. The first-order chi connectivity index (χ1) is 19.6. The molecule has 2 N–H and O–H groups in total. The Bertz CT molecular complexity index is 1220. The van der Waals surface area contributed by atoms with E-state index in [2.05, 4.69) is 20.9 Å². The van der Waals surface area contributed by atoms with Crippen LogP contribution in [0.3, 0.4) is 0 Å². The second-order valence-corrected chi connectivity index (χ2v) is 12.2. The zero-order chi connectivity index (χ0) is 27.8. The highest BCUT2D eigenvalue weighted by molar-refractivity contribution is 7.99. The molecular formula is C31H42N4O4S. The van der Waals surface area contributed by atoms with Crippen LogP contribution in [-0.4, -0.2) is 95.4 Å². The Balaban J connectivity index is 1.24. The molecule has 4 heterocycles. The summed E-state index contributed by atoms with van der Waals surface area (Å²) in [5.74, 6) is 1.76. The van der Waals surface area contributed by atoms with Crippen LogP contribution in [0.5, 0.6) is 5.75 Å². The van der Waals surface area contributed by atoms with E-state index in [1.54, 1.807) is 18.9 Å². The summed E-state index contributed by atoms with van der Waals surface area (Å²) >= 11 is 1.79. The van der Waals surface area contributed by atoms with Crippen LogP contribution in [0.1, 0.15) is 42.9 Å². The Labute approximate surface area is 241 Å². The number of rotatable bonds is 12. The summed E-state index contributed by atoms with van der Waals surface area (Å²) in [5.41, 5.74) is 2.69. The van der Waals surface area contributed by atoms with Crippen molar-refractivity contribution in [1.82, 2.24) is 19.8 Å². The number of aliphatic hydroxyl groups is 2. The monoisotopic (exact) mass is 566 g/mol. The SMILES string of the molecule is COc1ccc2ncc(CN3CCOCC3)c([C@H](O)CCC3(CO)CCN(CCSc4ccccn4)CC3)c2c1. The molecular weight excluding hydrogens is 524 g/mol. The van der Waals surface area contributed by atoms with Gasteiger partial charge in [-0.25, -0.2) is 4.98 Å². The van der Waals surface area contributed by atoms with Gasteiger partial charge in [0.15, 0.2) is 0 Å². The number of piperidine rings is 1. The molecule has 0 spiro atoms. The van der Waals surface area contributed by atoms with E-state index in [9.17, 15) is 10.2 Å². The predicted octanol–water partition coefficient (Wildman–Crippen LogP) is 4.15. The van der Waals surface area contributed by atoms with E-state index >= 15 is 0 Å². The van der Waals surface area contributed by atoms with Gasteiger partial charge in [-0.3, -0.25) is 9.88 Å². The van der Waals surface area contributed by atoms with Gasteiger partial charge in [0.25, 0.3) is 0 Å². The van der Waals surface area contributed by atoms with Crippen LogP contribution >= 0.6 is 11.8 Å². The number of thioether (sulfide) groups is 1. The van der Waals surface area contributed by atoms with Gasteiger partial charge in [-0.05, 0) is 85.6 Å². The molecule has 3 aromatic rings. The molecule has 9 heteroatoms. The van der Waals surface area contributed by atoms with E-state index in [0.29, 0.717) is 6.42 Å². The minimum absolute atomic E-state index is 0.155.